The Morgan fingerprint density at radius 1 is 1.13 bits per heavy atom. The second-order valence-electron chi connectivity index (χ2n) is 6.84. The van der Waals surface area contributed by atoms with Crippen molar-refractivity contribution in [2.75, 3.05) is 0 Å². The van der Waals surface area contributed by atoms with Crippen molar-refractivity contribution < 1.29 is 18.3 Å². The summed E-state index contributed by atoms with van der Waals surface area (Å²) in [6.07, 6.45) is 2.81. The third-order valence-electron chi connectivity index (χ3n) is 4.75. The van der Waals surface area contributed by atoms with Crippen molar-refractivity contribution in [1.29, 1.82) is 0 Å². The maximum Gasteiger partial charge on any atom is 0.196 e. The van der Waals surface area contributed by atoms with Gasteiger partial charge in [0.2, 0.25) is 0 Å². The molecule has 0 fully saturated rings. The molecule has 0 aliphatic carbocycles. The number of nitrogens with zero attached hydrogens (tertiary/aromatic N) is 2. The number of benzene rings is 2. The topological polar surface area (TPSA) is 81.0 Å². The first-order valence-corrected chi connectivity index (χ1v) is 9.85. The van der Waals surface area contributed by atoms with Crippen molar-refractivity contribution in [3.05, 3.63) is 81.8 Å². The highest BCUT2D eigenvalue weighted by Gasteiger charge is 2.20. The molecular formula is C22H12Cl2FN3O3. The number of nitrogens with one attached hydrogen (secondary N) is 1. The molecule has 5 aromatic rings. The van der Waals surface area contributed by atoms with Gasteiger partial charge in [-0.05, 0) is 31.2 Å². The molecule has 3 heterocycles. The van der Waals surface area contributed by atoms with E-state index in [1.54, 1.807) is 19.1 Å². The maximum absolute atomic E-state index is 14.0. The number of fused-ring (bicyclic) bond motifs is 2. The fourth-order valence-electron chi connectivity index (χ4n) is 3.41. The molecule has 154 valence electrons. The number of H-pyrrole nitrogens is 1. The number of rotatable bonds is 4. The molecule has 0 saturated heterocycles. The minimum absolute atomic E-state index is 0.160. The van der Waals surface area contributed by atoms with Crippen LogP contribution in [0.25, 0.3) is 22.0 Å². The Balaban J connectivity index is 1.50. The Morgan fingerprint density at radius 3 is 2.77 bits per heavy atom. The normalized spacial score (nSPS) is 11.4. The van der Waals surface area contributed by atoms with Crippen molar-refractivity contribution in [2.45, 2.75) is 6.92 Å². The van der Waals surface area contributed by atoms with Gasteiger partial charge in [0, 0.05) is 29.3 Å². The first-order chi connectivity index (χ1) is 14.9. The summed E-state index contributed by atoms with van der Waals surface area (Å²) in [4.78, 5) is 23.9. The standard InChI is InChI=1S/C22H12Cl2FN3O3/c1-10-4-11-5-12(25)6-17(20(11)30-10)31-13-2-3-14(16(23)7-13)19(29)15-8-26-22-18(15)21(24)27-9-28-22/h2-9H,1H3,(H,26,27,28). The number of aromatic amines is 1. The molecule has 0 atom stereocenters. The number of aromatic nitrogens is 3. The lowest BCUT2D eigenvalue weighted by Gasteiger charge is -2.09. The van der Waals surface area contributed by atoms with Crippen LogP contribution in [0.3, 0.4) is 0 Å². The van der Waals surface area contributed by atoms with Crippen molar-refractivity contribution >= 4 is 51.0 Å². The van der Waals surface area contributed by atoms with Gasteiger partial charge in [-0.25, -0.2) is 14.4 Å². The highest BCUT2D eigenvalue weighted by atomic mass is 35.5. The lowest BCUT2D eigenvalue weighted by atomic mass is 10.0. The van der Waals surface area contributed by atoms with E-state index < -0.39 is 5.82 Å². The molecule has 0 saturated carbocycles. The second kappa shape index (κ2) is 7.37. The van der Waals surface area contributed by atoms with Crippen molar-refractivity contribution in [2.24, 2.45) is 0 Å². The van der Waals surface area contributed by atoms with Crippen LogP contribution in [0.2, 0.25) is 10.2 Å². The number of ether oxygens (including phenoxy) is 1. The molecule has 31 heavy (non-hydrogen) atoms. The first kappa shape index (κ1) is 19.5. The van der Waals surface area contributed by atoms with E-state index in [1.165, 1.54) is 36.8 Å². The number of carbonyl (C=O) groups is 1. The Bertz CT molecular complexity index is 1490. The van der Waals surface area contributed by atoms with E-state index in [4.69, 9.17) is 32.4 Å². The van der Waals surface area contributed by atoms with Gasteiger partial charge in [-0.1, -0.05) is 23.2 Å². The lowest BCUT2D eigenvalue weighted by molar-refractivity contribution is 0.104. The largest absolute Gasteiger partial charge is 0.457 e. The van der Waals surface area contributed by atoms with E-state index in [9.17, 15) is 9.18 Å². The van der Waals surface area contributed by atoms with Crippen LogP contribution in [0.4, 0.5) is 4.39 Å². The van der Waals surface area contributed by atoms with Crippen molar-refractivity contribution in [3.8, 4) is 11.5 Å². The highest BCUT2D eigenvalue weighted by molar-refractivity contribution is 6.38. The lowest BCUT2D eigenvalue weighted by Crippen LogP contribution is -2.02. The van der Waals surface area contributed by atoms with Gasteiger partial charge in [0.25, 0.3) is 0 Å². The second-order valence-corrected chi connectivity index (χ2v) is 7.61. The predicted molar refractivity (Wildman–Crippen MR) is 115 cm³/mol. The summed E-state index contributed by atoms with van der Waals surface area (Å²) in [6.45, 7) is 1.76. The van der Waals surface area contributed by atoms with Crippen molar-refractivity contribution in [1.82, 2.24) is 15.0 Å². The minimum atomic E-state index is -0.459. The van der Waals surface area contributed by atoms with Gasteiger partial charge >= 0.3 is 0 Å². The number of halogens is 3. The summed E-state index contributed by atoms with van der Waals surface area (Å²) in [6, 6.07) is 8.89. The first-order valence-electron chi connectivity index (χ1n) is 9.10. The molecule has 0 spiro atoms. The molecule has 0 radical (unpaired) electrons. The van der Waals surface area contributed by atoms with Gasteiger partial charge < -0.3 is 14.1 Å². The van der Waals surface area contributed by atoms with Crippen LogP contribution in [-0.2, 0) is 0 Å². The Labute approximate surface area is 184 Å². The molecular weight excluding hydrogens is 444 g/mol. The van der Waals surface area contributed by atoms with E-state index >= 15 is 0 Å². The Morgan fingerprint density at radius 2 is 1.97 bits per heavy atom. The molecule has 3 aromatic heterocycles. The Hall–Kier alpha value is -3.42. The van der Waals surface area contributed by atoms with Crippen LogP contribution in [0.5, 0.6) is 11.5 Å². The molecule has 6 nitrogen and oxygen atoms in total. The summed E-state index contributed by atoms with van der Waals surface area (Å²) >= 11 is 12.5. The van der Waals surface area contributed by atoms with Crippen LogP contribution >= 0.6 is 23.2 Å². The van der Waals surface area contributed by atoms with Crippen LogP contribution in [-0.4, -0.2) is 20.7 Å². The summed E-state index contributed by atoms with van der Waals surface area (Å²) < 4.78 is 25.4. The zero-order chi connectivity index (χ0) is 21.7. The number of aryl methyl sites for hydroxylation is 1. The van der Waals surface area contributed by atoms with Crippen LogP contribution in [0, 0.1) is 12.7 Å². The fourth-order valence-corrected chi connectivity index (χ4v) is 3.90. The monoisotopic (exact) mass is 455 g/mol. The number of carbonyl (C=O) groups excluding carboxylic acids is 1. The molecule has 1 N–H and O–H groups in total. The number of hydrogen-bond donors (Lipinski definition) is 1. The Kier molecular flexibility index (Phi) is 4.64. The van der Waals surface area contributed by atoms with Crippen LogP contribution in [0.15, 0.2) is 53.3 Å². The van der Waals surface area contributed by atoms with E-state index in [2.05, 4.69) is 15.0 Å². The van der Waals surface area contributed by atoms with Gasteiger partial charge in [-0.3, -0.25) is 4.79 Å². The summed E-state index contributed by atoms with van der Waals surface area (Å²) in [5.74, 6) is 0.348. The number of furan rings is 1. The van der Waals surface area contributed by atoms with E-state index in [0.29, 0.717) is 39.1 Å². The molecule has 0 aliphatic rings. The van der Waals surface area contributed by atoms with Crippen LogP contribution < -0.4 is 4.74 Å². The fraction of sp³-hybridized carbons (Fsp3) is 0.0455. The van der Waals surface area contributed by atoms with Gasteiger partial charge in [-0.2, -0.15) is 0 Å². The third-order valence-corrected chi connectivity index (χ3v) is 5.35. The van der Waals surface area contributed by atoms with E-state index in [-0.39, 0.29) is 27.3 Å². The van der Waals surface area contributed by atoms with E-state index in [0.717, 1.165) is 0 Å². The quantitative estimate of drug-likeness (QED) is 0.247. The van der Waals surface area contributed by atoms with Crippen molar-refractivity contribution in [3.63, 3.8) is 0 Å². The zero-order valence-corrected chi connectivity index (χ0v) is 17.4. The zero-order valence-electron chi connectivity index (χ0n) is 15.9. The van der Waals surface area contributed by atoms with Crippen LogP contribution in [0.1, 0.15) is 21.7 Å². The third kappa shape index (κ3) is 3.41. The smallest absolute Gasteiger partial charge is 0.196 e. The van der Waals surface area contributed by atoms with Gasteiger partial charge in [-0.15, -0.1) is 0 Å². The number of ketones is 1. The molecule has 0 amide bonds. The van der Waals surface area contributed by atoms with Gasteiger partial charge in [0.1, 0.15) is 34.5 Å². The summed E-state index contributed by atoms with van der Waals surface area (Å²) in [7, 11) is 0. The summed E-state index contributed by atoms with van der Waals surface area (Å²) in [5, 5.41) is 1.33. The maximum atomic E-state index is 14.0. The highest BCUT2D eigenvalue weighted by Crippen LogP contribution is 2.35. The summed E-state index contributed by atoms with van der Waals surface area (Å²) in [5.41, 5.74) is 1.41. The molecule has 9 heteroatoms. The minimum Gasteiger partial charge on any atom is -0.457 e. The SMILES string of the molecule is Cc1cc2cc(F)cc(Oc3ccc(C(=O)c4c[nH]c5ncnc(Cl)c45)c(Cl)c3)c2o1. The molecule has 0 unspecified atom stereocenters. The molecule has 2 aromatic carbocycles. The predicted octanol–water partition coefficient (Wildman–Crippen LogP) is 6.48. The molecule has 0 bridgehead atoms. The average Bonchev–Trinajstić information content (AvgIpc) is 3.31. The van der Waals surface area contributed by atoms with E-state index in [1.807, 2.05) is 0 Å². The average molecular weight is 456 g/mol. The number of hydrogen-bond acceptors (Lipinski definition) is 5. The molecule has 5 rings (SSSR count). The molecule has 0 aliphatic heterocycles. The van der Waals surface area contributed by atoms with Gasteiger partial charge in [0.15, 0.2) is 17.1 Å². The van der Waals surface area contributed by atoms with Gasteiger partial charge in [0.05, 0.1) is 16.0 Å².